The maximum atomic E-state index is 12.0. The number of carbonyl (C=O) groups excluding carboxylic acids is 1. The molecule has 1 aromatic carbocycles. The molecule has 0 bridgehead atoms. The van der Waals surface area contributed by atoms with E-state index in [1.165, 1.54) is 5.56 Å². The summed E-state index contributed by atoms with van der Waals surface area (Å²) in [6.07, 6.45) is 3.40. The first-order valence-corrected chi connectivity index (χ1v) is 8.34. The molecule has 2 aromatic rings. The number of urea groups is 1. The van der Waals surface area contributed by atoms with E-state index in [4.69, 9.17) is 0 Å². The Kier molecular flexibility index (Phi) is 6.97. The number of benzene rings is 1. The third kappa shape index (κ3) is 6.21. The molecule has 0 saturated heterocycles. The van der Waals surface area contributed by atoms with Crippen molar-refractivity contribution >= 4 is 6.03 Å². The van der Waals surface area contributed by atoms with Gasteiger partial charge in [0.2, 0.25) is 0 Å². The molecule has 25 heavy (non-hydrogen) atoms. The average Bonchev–Trinajstić information content (AvgIpc) is 3.03. The topological polar surface area (TPSA) is 82.4 Å². The molecule has 7 nitrogen and oxygen atoms in total. The van der Waals surface area contributed by atoms with E-state index in [1.54, 1.807) is 24.1 Å². The molecule has 136 valence electrons. The molecule has 7 heteroatoms. The highest BCUT2D eigenvalue weighted by Crippen LogP contribution is 2.09. The van der Waals surface area contributed by atoms with Crippen LogP contribution in [0.15, 0.2) is 42.7 Å². The van der Waals surface area contributed by atoms with E-state index in [-0.39, 0.29) is 18.6 Å². The maximum absolute atomic E-state index is 12.0. The number of aromatic nitrogens is 2. The van der Waals surface area contributed by atoms with Gasteiger partial charge >= 0.3 is 6.03 Å². The third-order valence-corrected chi connectivity index (χ3v) is 4.11. The van der Waals surface area contributed by atoms with E-state index in [2.05, 4.69) is 32.8 Å². The zero-order valence-electron chi connectivity index (χ0n) is 15.0. The van der Waals surface area contributed by atoms with E-state index in [0.29, 0.717) is 12.1 Å². The lowest BCUT2D eigenvalue weighted by Crippen LogP contribution is -2.45. The molecule has 0 aliphatic heterocycles. The van der Waals surface area contributed by atoms with Gasteiger partial charge in [-0.3, -0.25) is 4.68 Å². The Morgan fingerprint density at radius 1 is 1.24 bits per heavy atom. The lowest BCUT2D eigenvalue weighted by atomic mass is 10.1. The Bertz CT molecular complexity index is 656. The molecule has 2 atom stereocenters. The molecule has 2 rings (SSSR count). The number of hydrogen-bond donors (Lipinski definition) is 3. The molecule has 0 unspecified atom stereocenters. The van der Waals surface area contributed by atoms with Crippen molar-refractivity contribution in [3.63, 3.8) is 0 Å². The number of nitrogens with one attached hydrogen (secondary N) is 2. The summed E-state index contributed by atoms with van der Waals surface area (Å²) in [4.78, 5) is 14.1. The minimum atomic E-state index is -0.770. The number of aryl methyl sites for hydroxylation is 1. The van der Waals surface area contributed by atoms with Crippen LogP contribution in [0, 0.1) is 0 Å². The summed E-state index contributed by atoms with van der Waals surface area (Å²) in [5, 5.41) is 19.6. The lowest BCUT2D eigenvalue weighted by Gasteiger charge is -2.25. The highest BCUT2D eigenvalue weighted by Gasteiger charge is 2.15. The first kappa shape index (κ1) is 19.0. The fourth-order valence-corrected chi connectivity index (χ4v) is 2.52. The fraction of sp³-hybridized carbons (Fsp3) is 0.444. The molecule has 0 saturated carbocycles. The van der Waals surface area contributed by atoms with Gasteiger partial charge in [0, 0.05) is 37.9 Å². The number of hydrogen-bond acceptors (Lipinski definition) is 4. The molecule has 2 amide bonds. The minimum Gasteiger partial charge on any atom is -0.386 e. The molecule has 1 aromatic heterocycles. The van der Waals surface area contributed by atoms with Crippen molar-refractivity contribution in [3.05, 3.63) is 53.9 Å². The Morgan fingerprint density at radius 2 is 1.92 bits per heavy atom. The zero-order valence-corrected chi connectivity index (χ0v) is 15.0. The number of aliphatic hydroxyl groups excluding tert-OH is 1. The molecular weight excluding hydrogens is 318 g/mol. The van der Waals surface area contributed by atoms with Crippen LogP contribution >= 0.6 is 0 Å². The molecule has 1 heterocycles. The van der Waals surface area contributed by atoms with Crippen LogP contribution < -0.4 is 10.6 Å². The number of carbonyl (C=O) groups is 1. The fourth-order valence-electron chi connectivity index (χ4n) is 2.52. The normalized spacial score (nSPS) is 13.5. The van der Waals surface area contributed by atoms with E-state index < -0.39 is 6.10 Å². The van der Waals surface area contributed by atoms with E-state index in [1.807, 2.05) is 32.3 Å². The van der Waals surface area contributed by atoms with Crippen LogP contribution in [0.25, 0.3) is 0 Å². The van der Waals surface area contributed by atoms with Crippen LogP contribution in [-0.2, 0) is 13.5 Å². The zero-order chi connectivity index (χ0) is 18.2. The predicted molar refractivity (Wildman–Crippen MR) is 97.2 cm³/mol. The number of rotatable bonds is 8. The monoisotopic (exact) mass is 345 g/mol. The largest absolute Gasteiger partial charge is 0.386 e. The molecular formula is C18H27N5O2. The summed E-state index contributed by atoms with van der Waals surface area (Å²) in [6.45, 7) is 0.666. The van der Waals surface area contributed by atoms with E-state index >= 15 is 0 Å². The number of nitrogens with zero attached hydrogens (tertiary/aromatic N) is 3. The first-order chi connectivity index (χ1) is 12.0. The van der Waals surface area contributed by atoms with Crippen LogP contribution in [0.1, 0.15) is 17.2 Å². The van der Waals surface area contributed by atoms with Crippen molar-refractivity contribution in [2.45, 2.75) is 18.6 Å². The molecule has 0 aliphatic carbocycles. The Balaban J connectivity index is 1.76. The Labute approximate surface area is 148 Å². The van der Waals surface area contributed by atoms with Gasteiger partial charge in [0.15, 0.2) is 0 Å². The summed E-state index contributed by atoms with van der Waals surface area (Å²) >= 11 is 0. The van der Waals surface area contributed by atoms with Crippen molar-refractivity contribution in [2.24, 2.45) is 7.05 Å². The van der Waals surface area contributed by atoms with Crippen LogP contribution in [0.2, 0.25) is 0 Å². The first-order valence-electron chi connectivity index (χ1n) is 8.34. The van der Waals surface area contributed by atoms with Crippen LogP contribution in [0.4, 0.5) is 4.79 Å². The predicted octanol–water partition coefficient (Wildman–Crippen LogP) is 0.926. The van der Waals surface area contributed by atoms with Gasteiger partial charge in [0.25, 0.3) is 0 Å². The van der Waals surface area contributed by atoms with Gasteiger partial charge in [-0.1, -0.05) is 30.3 Å². The summed E-state index contributed by atoms with van der Waals surface area (Å²) in [5.74, 6) is 0. The quantitative estimate of drug-likeness (QED) is 0.665. The van der Waals surface area contributed by atoms with Gasteiger partial charge in [0.05, 0.1) is 12.3 Å². The maximum Gasteiger partial charge on any atom is 0.314 e. The second-order valence-corrected chi connectivity index (χ2v) is 6.36. The number of likely N-dealkylation sites (N-methyl/N-ethyl adjacent to an activating group) is 1. The second kappa shape index (κ2) is 9.19. The summed E-state index contributed by atoms with van der Waals surface area (Å²) in [6, 6.07) is 10.1. The average molecular weight is 345 g/mol. The molecule has 3 N–H and O–H groups in total. The van der Waals surface area contributed by atoms with Gasteiger partial charge in [-0.05, 0) is 26.1 Å². The molecule has 0 radical (unpaired) electrons. The lowest BCUT2D eigenvalue weighted by molar-refractivity contribution is 0.172. The number of aliphatic hydroxyl groups is 1. The van der Waals surface area contributed by atoms with Gasteiger partial charge in [-0.25, -0.2) is 4.79 Å². The van der Waals surface area contributed by atoms with Crippen LogP contribution in [0.5, 0.6) is 0 Å². The summed E-state index contributed by atoms with van der Waals surface area (Å²) < 4.78 is 1.61. The van der Waals surface area contributed by atoms with Crippen molar-refractivity contribution in [3.8, 4) is 0 Å². The van der Waals surface area contributed by atoms with Crippen molar-refractivity contribution in [1.82, 2.24) is 25.3 Å². The number of amides is 2. The second-order valence-electron chi connectivity index (χ2n) is 6.36. The van der Waals surface area contributed by atoms with Gasteiger partial charge in [0.1, 0.15) is 0 Å². The Morgan fingerprint density at radius 3 is 2.52 bits per heavy atom. The van der Waals surface area contributed by atoms with Crippen LogP contribution in [0.3, 0.4) is 0 Å². The standard InChI is InChI=1S/C18H27N5O2/c1-22(2)16(9-14-7-5-4-6-8-14)11-19-18(25)20-12-17(24)15-10-21-23(3)13-15/h4-8,10,13,16-17,24H,9,11-12H2,1-3H3,(H2,19,20,25)/t16-,17-/m1/s1. The highest BCUT2D eigenvalue weighted by molar-refractivity contribution is 5.73. The van der Waals surface area contributed by atoms with Gasteiger partial charge < -0.3 is 20.6 Å². The van der Waals surface area contributed by atoms with Crippen LogP contribution in [-0.4, -0.2) is 59.0 Å². The molecule has 0 fully saturated rings. The van der Waals surface area contributed by atoms with Gasteiger partial charge in [-0.2, -0.15) is 5.10 Å². The smallest absolute Gasteiger partial charge is 0.314 e. The minimum absolute atomic E-state index is 0.142. The third-order valence-electron chi connectivity index (χ3n) is 4.11. The van der Waals surface area contributed by atoms with E-state index in [9.17, 15) is 9.90 Å². The molecule has 0 spiro atoms. The summed E-state index contributed by atoms with van der Waals surface area (Å²) in [5.41, 5.74) is 1.91. The Hall–Kier alpha value is -2.38. The van der Waals surface area contributed by atoms with Gasteiger partial charge in [-0.15, -0.1) is 0 Å². The highest BCUT2D eigenvalue weighted by atomic mass is 16.3. The van der Waals surface area contributed by atoms with Crippen molar-refractivity contribution in [1.29, 1.82) is 0 Å². The van der Waals surface area contributed by atoms with Crippen molar-refractivity contribution < 1.29 is 9.90 Å². The summed E-state index contributed by atoms with van der Waals surface area (Å²) in [7, 11) is 5.78. The van der Waals surface area contributed by atoms with Crippen molar-refractivity contribution in [2.75, 3.05) is 27.2 Å². The van der Waals surface area contributed by atoms with E-state index in [0.717, 1.165) is 6.42 Å². The molecule has 0 aliphatic rings. The SMILES string of the molecule is CN(C)[C@@H](CNC(=O)NC[C@@H](O)c1cnn(C)c1)Cc1ccccc1.